The lowest BCUT2D eigenvalue weighted by molar-refractivity contribution is -0.127. The first-order valence-electron chi connectivity index (χ1n) is 7.63. The third-order valence-electron chi connectivity index (χ3n) is 3.60. The summed E-state index contributed by atoms with van der Waals surface area (Å²) in [6.45, 7) is 0.0986. The van der Waals surface area contributed by atoms with E-state index >= 15 is 0 Å². The summed E-state index contributed by atoms with van der Waals surface area (Å²) in [5.74, 6) is -3.62. The number of nitrogens with zero attached hydrogens (tertiary/aromatic N) is 3. The molecule has 1 amide bonds. The molecule has 1 aromatic rings. The number of nitrogens with one attached hydrogen (secondary N) is 1. The number of hydrogen-bond acceptors (Lipinski definition) is 2. The van der Waals surface area contributed by atoms with Crippen molar-refractivity contribution in [2.45, 2.75) is 25.4 Å². The standard InChI is InChI=1S/C16H21F3N4O/c1-22(2)14(24)8-20-16(21-11-4-5-11)23(3)9-10-6-12(17)15(19)13(18)7-10/h6-7,11H,4-5,8-9H2,1-3H3,(H,20,21). The number of rotatable bonds is 5. The lowest BCUT2D eigenvalue weighted by Gasteiger charge is -2.23. The van der Waals surface area contributed by atoms with Crippen molar-refractivity contribution in [3.63, 3.8) is 0 Å². The van der Waals surface area contributed by atoms with Gasteiger partial charge in [0.2, 0.25) is 5.91 Å². The van der Waals surface area contributed by atoms with Gasteiger partial charge in [-0.2, -0.15) is 0 Å². The van der Waals surface area contributed by atoms with Gasteiger partial charge in [-0.05, 0) is 30.5 Å². The van der Waals surface area contributed by atoms with Crippen molar-refractivity contribution in [2.24, 2.45) is 4.99 Å². The number of benzene rings is 1. The van der Waals surface area contributed by atoms with E-state index in [2.05, 4.69) is 10.3 Å². The Kier molecular flexibility index (Phi) is 5.69. The van der Waals surface area contributed by atoms with Crippen LogP contribution in [0.3, 0.4) is 0 Å². The Hall–Kier alpha value is -2.25. The van der Waals surface area contributed by atoms with E-state index in [1.807, 2.05) is 0 Å². The van der Waals surface area contributed by atoms with Gasteiger partial charge < -0.3 is 15.1 Å². The van der Waals surface area contributed by atoms with Crippen molar-refractivity contribution in [1.29, 1.82) is 0 Å². The van der Waals surface area contributed by atoms with Crippen molar-refractivity contribution in [3.05, 3.63) is 35.1 Å². The Morgan fingerprint density at radius 3 is 2.29 bits per heavy atom. The predicted octanol–water partition coefficient (Wildman–Crippen LogP) is 1.73. The Balaban J connectivity index is 2.10. The van der Waals surface area contributed by atoms with Crippen LogP contribution in [0.2, 0.25) is 0 Å². The summed E-state index contributed by atoms with van der Waals surface area (Å²) < 4.78 is 39.7. The van der Waals surface area contributed by atoms with Gasteiger partial charge in [0.1, 0.15) is 6.54 Å². The molecule has 0 atom stereocenters. The maximum Gasteiger partial charge on any atom is 0.243 e. The lowest BCUT2D eigenvalue weighted by atomic mass is 10.2. The second-order valence-electron chi connectivity index (χ2n) is 6.08. The number of likely N-dealkylation sites (N-methyl/N-ethyl adjacent to an activating group) is 1. The molecule has 132 valence electrons. The lowest BCUT2D eigenvalue weighted by Crippen LogP contribution is -2.40. The average molecular weight is 342 g/mol. The molecule has 2 rings (SSSR count). The van der Waals surface area contributed by atoms with E-state index in [4.69, 9.17) is 0 Å². The van der Waals surface area contributed by atoms with Crippen molar-refractivity contribution in [3.8, 4) is 0 Å². The first-order chi connectivity index (χ1) is 11.3. The first-order valence-corrected chi connectivity index (χ1v) is 7.63. The van der Waals surface area contributed by atoms with Gasteiger partial charge in [-0.1, -0.05) is 0 Å². The smallest absolute Gasteiger partial charge is 0.243 e. The number of amides is 1. The molecule has 0 saturated heterocycles. The minimum Gasteiger partial charge on any atom is -0.353 e. The van der Waals surface area contributed by atoms with Gasteiger partial charge in [-0.3, -0.25) is 4.79 Å². The number of guanidine groups is 1. The average Bonchev–Trinajstić information content (AvgIpc) is 3.32. The maximum absolute atomic E-state index is 13.3. The SMILES string of the molecule is CN(C)C(=O)CN=C(NC1CC1)N(C)Cc1cc(F)c(F)c(F)c1. The van der Waals surface area contributed by atoms with Gasteiger partial charge in [0.25, 0.3) is 0 Å². The number of carbonyl (C=O) groups excluding carboxylic acids is 1. The zero-order chi connectivity index (χ0) is 17.9. The van der Waals surface area contributed by atoms with Crippen molar-refractivity contribution >= 4 is 11.9 Å². The van der Waals surface area contributed by atoms with Crippen LogP contribution in [-0.2, 0) is 11.3 Å². The van der Waals surface area contributed by atoms with Gasteiger partial charge in [0, 0.05) is 33.7 Å². The Bertz CT molecular complexity index is 621. The molecule has 24 heavy (non-hydrogen) atoms. The monoisotopic (exact) mass is 342 g/mol. The molecule has 0 radical (unpaired) electrons. The van der Waals surface area contributed by atoms with Crippen LogP contribution in [0.5, 0.6) is 0 Å². The highest BCUT2D eigenvalue weighted by molar-refractivity contribution is 5.85. The van der Waals surface area contributed by atoms with E-state index in [-0.39, 0.29) is 24.6 Å². The molecule has 0 heterocycles. The molecule has 0 aliphatic heterocycles. The summed E-state index contributed by atoms with van der Waals surface area (Å²) in [6, 6.07) is 2.20. The number of hydrogen-bond donors (Lipinski definition) is 1. The minimum atomic E-state index is -1.48. The number of aliphatic imine (C=N–C) groups is 1. The summed E-state index contributed by atoms with van der Waals surface area (Å²) in [5.41, 5.74) is 0.276. The molecular weight excluding hydrogens is 321 g/mol. The van der Waals surface area contributed by atoms with Crippen LogP contribution in [0, 0.1) is 17.5 Å². The van der Waals surface area contributed by atoms with Crippen LogP contribution in [-0.4, -0.2) is 55.4 Å². The first kappa shape index (κ1) is 18.1. The summed E-state index contributed by atoms with van der Waals surface area (Å²) >= 11 is 0. The third kappa shape index (κ3) is 4.87. The molecule has 0 unspecified atom stereocenters. The molecule has 0 spiro atoms. The zero-order valence-electron chi connectivity index (χ0n) is 13.9. The molecule has 1 saturated carbocycles. The summed E-state index contributed by atoms with van der Waals surface area (Å²) in [6.07, 6.45) is 2.02. The van der Waals surface area contributed by atoms with Gasteiger partial charge in [0.05, 0.1) is 0 Å². The maximum atomic E-state index is 13.3. The van der Waals surface area contributed by atoms with Crippen molar-refractivity contribution in [1.82, 2.24) is 15.1 Å². The van der Waals surface area contributed by atoms with E-state index in [9.17, 15) is 18.0 Å². The largest absolute Gasteiger partial charge is 0.353 e. The predicted molar refractivity (Wildman–Crippen MR) is 84.9 cm³/mol. The van der Waals surface area contributed by atoms with Gasteiger partial charge in [-0.25, -0.2) is 18.2 Å². The molecule has 1 fully saturated rings. The van der Waals surface area contributed by atoms with E-state index in [0.29, 0.717) is 12.0 Å². The molecule has 1 N–H and O–H groups in total. The molecule has 5 nitrogen and oxygen atoms in total. The van der Waals surface area contributed by atoms with E-state index in [1.54, 1.807) is 26.0 Å². The van der Waals surface area contributed by atoms with Crippen LogP contribution in [0.1, 0.15) is 18.4 Å². The Labute approximate surface area is 139 Å². The minimum absolute atomic E-state index is 0.0292. The van der Waals surface area contributed by atoms with Crippen LogP contribution in [0.25, 0.3) is 0 Å². The summed E-state index contributed by atoms with van der Waals surface area (Å²) in [5, 5.41) is 3.19. The fraction of sp³-hybridized carbons (Fsp3) is 0.500. The molecule has 1 aromatic carbocycles. The molecular formula is C16H21F3N4O. The highest BCUT2D eigenvalue weighted by Crippen LogP contribution is 2.19. The number of halogens is 3. The number of carbonyl (C=O) groups is 1. The molecule has 1 aliphatic carbocycles. The fourth-order valence-electron chi connectivity index (χ4n) is 2.02. The fourth-order valence-corrected chi connectivity index (χ4v) is 2.02. The van der Waals surface area contributed by atoms with E-state index in [0.717, 1.165) is 25.0 Å². The van der Waals surface area contributed by atoms with Crippen LogP contribution in [0.4, 0.5) is 13.2 Å². The highest BCUT2D eigenvalue weighted by Gasteiger charge is 2.24. The third-order valence-corrected chi connectivity index (χ3v) is 3.60. The quantitative estimate of drug-likeness (QED) is 0.504. The Morgan fingerprint density at radius 1 is 1.21 bits per heavy atom. The second-order valence-corrected chi connectivity index (χ2v) is 6.08. The molecule has 0 aromatic heterocycles. The van der Waals surface area contributed by atoms with Crippen LogP contribution >= 0.6 is 0 Å². The zero-order valence-corrected chi connectivity index (χ0v) is 13.9. The second kappa shape index (κ2) is 7.55. The van der Waals surface area contributed by atoms with Crippen LogP contribution < -0.4 is 5.32 Å². The Morgan fingerprint density at radius 2 is 1.79 bits per heavy atom. The van der Waals surface area contributed by atoms with Gasteiger partial charge >= 0.3 is 0 Å². The topological polar surface area (TPSA) is 47.9 Å². The summed E-state index contributed by atoms with van der Waals surface area (Å²) in [4.78, 5) is 19.0. The van der Waals surface area contributed by atoms with Gasteiger partial charge in [-0.15, -0.1) is 0 Å². The normalized spacial score (nSPS) is 14.5. The van der Waals surface area contributed by atoms with Crippen molar-refractivity contribution < 1.29 is 18.0 Å². The van der Waals surface area contributed by atoms with Crippen molar-refractivity contribution in [2.75, 3.05) is 27.7 Å². The van der Waals surface area contributed by atoms with Crippen LogP contribution in [0.15, 0.2) is 17.1 Å². The molecule has 0 bridgehead atoms. The molecule has 8 heteroatoms. The van der Waals surface area contributed by atoms with E-state index in [1.165, 1.54) is 4.90 Å². The summed E-state index contributed by atoms with van der Waals surface area (Å²) in [7, 11) is 4.97. The molecule has 1 aliphatic rings. The van der Waals surface area contributed by atoms with E-state index < -0.39 is 17.5 Å². The van der Waals surface area contributed by atoms with Gasteiger partial charge in [0.15, 0.2) is 23.4 Å². The highest BCUT2D eigenvalue weighted by atomic mass is 19.2.